The molecular formula is C14H23N3O3. The van der Waals surface area contributed by atoms with Gasteiger partial charge in [-0.15, -0.1) is 0 Å². The average molecular weight is 281 g/mol. The lowest BCUT2D eigenvalue weighted by atomic mass is 9.86. The molecule has 0 aromatic carbocycles. The Kier molecular flexibility index (Phi) is 4.39. The second-order valence-electron chi connectivity index (χ2n) is 6.14. The zero-order valence-electron chi connectivity index (χ0n) is 12.9. The number of hydrogen-bond donors (Lipinski definition) is 3. The van der Waals surface area contributed by atoms with E-state index in [1.807, 2.05) is 0 Å². The summed E-state index contributed by atoms with van der Waals surface area (Å²) in [6, 6.07) is 0. The Morgan fingerprint density at radius 3 is 2.30 bits per heavy atom. The van der Waals surface area contributed by atoms with E-state index in [0.717, 1.165) is 0 Å². The topological polar surface area (TPSA) is 95.1 Å². The zero-order chi connectivity index (χ0) is 15.7. The summed E-state index contributed by atoms with van der Waals surface area (Å²) in [6.07, 6.45) is 0.112. The number of aromatic nitrogens is 2. The number of carbonyl (C=O) groups is 1. The van der Waals surface area contributed by atoms with Crippen LogP contribution >= 0.6 is 0 Å². The van der Waals surface area contributed by atoms with Gasteiger partial charge in [0.05, 0.1) is 17.6 Å². The molecule has 0 radical (unpaired) electrons. The van der Waals surface area contributed by atoms with Crippen LogP contribution in [0.25, 0.3) is 0 Å². The van der Waals surface area contributed by atoms with Gasteiger partial charge in [-0.05, 0) is 41.5 Å². The number of aryl methyl sites for hydroxylation is 2. The lowest BCUT2D eigenvalue weighted by molar-refractivity contribution is -0.125. The number of aliphatic hydroxyl groups is 1. The highest BCUT2D eigenvalue weighted by atomic mass is 16.3. The van der Waals surface area contributed by atoms with Gasteiger partial charge in [0.1, 0.15) is 0 Å². The highest BCUT2D eigenvalue weighted by Crippen LogP contribution is 2.20. The number of nitrogens with zero attached hydrogens (tertiary/aromatic N) is 1. The highest BCUT2D eigenvalue weighted by Gasteiger charge is 2.36. The van der Waals surface area contributed by atoms with Gasteiger partial charge < -0.3 is 15.4 Å². The first-order chi connectivity index (χ1) is 8.94. The molecule has 1 aromatic heterocycles. The van der Waals surface area contributed by atoms with Gasteiger partial charge in [0.2, 0.25) is 5.91 Å². The Labute approximate surface area is 118 Å². The molecule has 6 nitrogen and oxygen atoms in total. The molecule has 0 spiro atoms. The molecule has 0 atom stereocenters. The number of nitrogens with one attached hydrogen (secondary N) is 2. The van der Waals surface area contributed by atoms with E-state index in [2.05, 4.69) is 15.3 Å². The van der Waals surface area contributed by atoms with Crippen LogP contribution < -0.4 is 11.0 Å². The Morgan fingerprint density at radius 2 is 1.85 bits per heavy atom. The number of rotatable bonds is 4. The molecule has 0 aliphatic carbocycles. The Hall–Kier alpha value is -1.69. The Bertz CT molecular complexity index is 542. The molecule has 0 fully saturated rings. The van der Waals surface area contributed by atoms with E-state index >= 15 is 0 Å². The maximum Gasteiger partial charge on any atom is 0.345 e. The van der Waals surface area contributed by atoms with Crippen molar-refractivity contribution in [1.29, 1.82) is 0 Å². The standard InChI is InChI=1S/C14H23N3O3/c1-8-10(9(2)16-12(19)15-8)7-11(18)17-13(3,4)14(5,6)20/h20H,7H2,1-6H3,(H,17,18)(H,15,16,19). The van der Waals surface area contributed by atoms with Crippen LogP contribution in [0.5, 0.6) is 0 Å². The molecule has 112 valence electrons. The van der Waals surface area contributed by atoms with E-state index < -0.39 is 16.8 Å². The summed E-state index contributed by atoms with van der Waals surface area (Å²) in [4.78, 5) is 29.7. The van der Waals surface area contributed by atoms with Crippen molar-refractivity contribution < 1.29 is 9.90 Å². The van der Waals surface area contributed by atoms with Crippen molar-refractivity contribution >= 4 is 5.91 Å². The van der Waals surface area contributed by atoms with Crippen molar-refractivity contribution in [2.24, 2.45) is 0 Å². The summed E-state index contributed by atoms with van der Waals surface area (Å²) in [7, 11) is 0. The molecule has 1 amide bonds. The molecule has 1 heterocycles. The van der Waals surface area contributed by atoms with E-state index in [-0.39, 0.29) is 12.3 Å². The fraction of sp³-hybridized carbons (Fsp3) is 0.643. The van der Waals surface area contributed by atoms with Gasteiger partial charge >= 0.3 is 5.69 Å². The summed E-state index contributed by atoms with van der Waals surface area (Å²) >= 11 is 0. The molecule has 0 aliphatic rings. The lowest BCUT2D eigenvalue weighted by Crippen LogP contribution is -2.58. The Balaban J connectivity index is 2.91. The van der Waals surface area contributed by atoms with Crippen LogP contribution in [-0.2, 0) is 11.2 Å². The molecule has 0 saturated carbocycles. The summed E-state index contributed by atoms with van der Waals surface area (Å²) in [5, 5.41) is 12.8. The maximum atomic E-state index is 12.1. The van der Waals surface area contributed by atoms with Crippen LogP contribution in [-0.4, -0.2) is 32.1 Å². The van der Waals surface area contributed by atoms with E-state index in [9.17, 15) is 14.7 Å². The molecule has 6 heteroatoms. The molecule has 0 bridgehead atoms. The van der Waals surface area contributed by atoms with Gasteiger partial charge in [-0.1, -0.05) is 0 Å². The summed E-state index contributed by atoms with van der Waals surface area (Å²) in [5.41, 5.74) is -0.340. The van der Waals surface area contributed by atoms with Crippen molar-refractivity contribution in [3.63, 3.8) is 0 Å². The molecule has 20 heavy (non-hydrogen) atoms. The minimum atomic E-state index is -1.05. The van der Waals surface area contributed by atoms with Crippen molar-refractivity contribution in [3.05, 3.63) is 27.4 Å². The first-order valence-corrected chi connectivity index (χ1v) is 6.54. The molecule has 1 rings (SSSR count). The smallest absolute Gasteiger partial charge is 0.345 e. The minimum Gasteiger partial charge on any atom is -0.388 e. The number of aromatic amines is 1. The predicted molar refractivity (Wildman–Crippen MR) is 76.6 cm³/mol. The van der Waals surface area contributed by atoms with Crippen molar-refractivity contribution in [1.82, 2.24) is 15.3 Å². The van der Waals surface area contributed by atoms with E-state index in [1.165, 1.54) is 0 Å². The number of carbonyl (C=O) groups excluding carboxylic acids is 1. The fourth-order valence-electron chi connectivity index (χ4n) is 1.72. The number of H-pyrrole nitrogens is 1. The van der Waals surface area contributed by atoms with Gasteiger partial charge in [-0.25, -0.2) is 4.79 Å². The predicted octanol–water partition coefficient (Wildman–Crippen LogP) is 0.595. The SMILES string of the molecule is Cc1nc(=O)[nH]c(C)c1CC(=O)NC(C)(C)C(C)(C)O. The summed E-state index contributed by atoms with van der Waals surface area (Å²) in [6.45, 7) is 10.2. The number of amides is 1. The highest BCUT2D eigenvalue weighted by molar-refractivity contribution is 5.79. The van der Waals surface area contributed by atoms with Crippen molar-refractivity contribution in [3.8, 4) is 0 Å². The third kappa shape index (κ3) is 3.66. The van der Waals surface area contributed by atoms with Crippen LogP contribution in [0.3, 0.4) is 0 Å². The summed E-state index contributed by atoms with van der Waals surface area (Å²) < 4.78 is 0. The number of hydrogen-bond acceptors (Lipinski definition) is 4. The second-order valence-corrected chi connectivity index (χ2v) is 6.14. The van der Waals surface area contributed by atoms with Crippen LogP contribution in [0.15, 0.2) is 4.79 Å². The van der Waals surface area contributed by atoms with Gasteiger partial charge in [0.15, 0.2) is 0 Å². The maximum absolute atomic E-state index is 12.1. The third-order valence-corrected chi connectivity index (χ3v) is 3.77. The van der Waals surface area contributed by atoms with E-state index in [1.54, 1.807) is 41.5 Å². The summed E-state index contributed by atoms with van der Waals surface area (Å²) in [5.74, 6) is -0.225. The average Bonchev–Trinajstić information content (AvgIpc) is 2.20. The van der Waals surface area contributed by atoms with Crippen LogP contribution in [0, 0.1) is 13.8 Å². The minimum absolute atomic E-state index is 0.112. The zero-order valence-corrected chi connectivity index (χ0v) is 12.9. The second kappa shape index (κ2) is 5.36. The van der Waals surface area contributed by atoms with Crippen LogP contribution in [0.1, 0.15) is 44.6 Å². The van der Waals surface area contributed by atoms with Crippen LogP contribution in [0.4, 0.5) is 0 Å². The Morgan fingerprint density at radius 1 is 1.30 bits per heavy atom. The first kappa shape index (κ1) is 16.4. The third-order valence-electron chi connectivity index (χ3n) is 3.77. The van der Waals surface area contributed by atoms with Gasteiger partial charge in [0, 0.05) is 17.0 Å². The van der Waals surface area contributed by atoms with E-state index in [4.69, 9.17) is 0 Å². The first-order valence-electron chi connectivity index (χ1n) is 6.54. The van der Waals surface area contributed by atoms with Crippen molar-refractivity contribution in [2.45, 2.75) is 59.1 Å². The largest absolute Gasteiger partial charge is 0.388 e. The van der Waals surface area contributed by atoms with Gasteiger partial charge in [0.25, 0.3) is 0 Å². The quantitative estimate of drug-likeness (QED) is 0.753. The van der Waals surface area contributed by atoms with Gasteiger partial charge in [-0.3, -0.25) is 4.79 Å². The molecule has 1 aromatic rings. The van der Waals surface area contributed by atoms with Gasteiger partial charge in [-0.2, -0.15) is 4.98 Å². The van der Waals surface area contributed by atoms with Crippen molar-refractivity contribution in [2.75, 3.05) is 0 Å². The molecule has 0 aliphatic heterocycles. The molecule has 0 saturated heterocycles. The lowest BCUT2D eigenvalue weighted by Gasteiger charge is -2.38. The fourth-order valence-corrected chi connectivity index (χ4v) is 1.72. The van der Waals surface area contributed by atoms with E-state index in [0.29, 0.717) is 17.0 Å². The molecular weight excluding hydrogens is 258 g/mol. The monoisotopic (exact) mass is 281 g/mol. The molecule has 0 unspecified atom stereocenters. The normalized spacial score (nSPS) is 12.3. The van der Waals surface area contributed by atoms with Crippen LogP contribution in [0.2, 0.25) is 0 Å². The molecule has 3 N–H and O–H groups in total.